The molecule has 1 aliphatic heterocycles. The van der Waals surface area contributed by atoms with Gasteiger partial charge in [0.05, 0.1) is 37.4 Å². The van der Waals surface area contributed by atoms with Gasteiger partial charge in [0, 0.05) is 0 Å². The average Bonchev–Trinajstić information content (AvgIpc) is 3.06. The number of carbonyl (C=O) groups excluding carboxylic acids is 1. The first kappa shape index (κ1) is 23.6. The molecule has 0 bridgehead atoms. The number of hydrogen-bond acceptors (Lipinski definition) is 6. The maximum absolute atomic E-state index is 13.6. The van der Waals surface area contributed by atoms with Crippen LogP contribution in [-0.4, -0.2) is 22.2 Å². The molecule has 1 atom stereocenters. The molecule has 0 aliphatic carbocycles. The Morgan fingerprint density at radius 2 is 1.91 bits per heavy atom. The highest BCUT2D eigenvalue weighted by molar-refractivity contribution is 9.11. The third-order valence-electron chi connectivity index (χ3n) is 5.04. The SMILES string of the molecule is CCOC(=O)C1=C(C)N=c2s/c(=C\c3cc(Br)c(O)c(Br)c3)c(=O)n2[C@@H]1c1ccc(F)cc1. The summed E-state index contributed by atoms with van der Waals surface area (Å²) in [7, 11) is 0. The molecule has 2 aromatic carbocycles. The van der Waals surface area contributed by atoms with Crippen molar-refractivity contribution in [2.24, 2.45) is 4.99 Å². The number of rotatable bonds is 4. The molecule has 0 saturated carbocycles. The molecule has 0 fully saturated rings. The van der Waals surface area contributed by atoms with E-state index in [1.54, 1.807) is 44.2 Å². The van der Waals surface area contributed by atoms with Crippen LogP contribution in [0, 0.1) is 5.82 Å². The minimum Gasteiger partial charge on any atom is -0.506 e. The Morgan fingerprint density at radius 1 is 1.27 bits per heavy atom. The van der Waals surface area contributed by atoms with Gasteiger partial charge < -0.3 is 9.84 Å². The van der Waals surface area contributed by atoms with Crippen LogP contribution in [0.2, 0.25) is 0 Å². The van der Waals surface area contributed by atoms with Gasteiger partial charge in [-0.15, -0.1) is 0 Å². The lowest BCUT2D eigenvalue weighted by Crippen LogP contribution is -2.39. The molecular formula is C23H17Br2FN2O4S. The molecule has 1 aromatic heterocycles. The van der Waals surface area contributed by atoms with Crippen LogP contribution < -0.4 is 14.9 Å². The van der Waals surface area contributed by atoms with Gasteiger partial charge in [0.15, 0.2) is 4.80 Å². The zero-order valence-electron chi connectivity index (χ0n) is 17.4. The summed E-state index contributed by atoms with van der Waals surface area (Å²) in [6.07, 6.45) is 1.68. The van der Waals surface area contributed by atoms with Gasteiger partial charge in [-0.05, 0) is 87.2 Å². The number of benzene rings is 2. The standard InChI is InChI=1S/C23H17Br2FN2O4S/c1-3-32-22(31)18-11(2)27-23-28(19(18)13-4-6-14(26)7-5-13)21(30)17(33-23)10-12-8-15(24)20(29)16(25)9-12/h4-10,19,29H,3H2,1-2H3/b17-10-/t19-/m1/s1. The molecule has 0 radical (unpaired) electrons. The van der Waals surface area contributed by atoms with E-state index in [4.69, 9.17) is 4.74 Å². The number of halogens is 3. The van der Waals surface area contributed by atoms with Gasteiger partial charge in [0.25, 0.3) is 5.56 Å². The van der Waals surface area contributed by atoms with Crippen LogP contribution in [0.3, 0.4) is 0 Å². The number of aromatic nitrogens is 1. The first-order chi connectivity index (χ1) is 15.7. The van der Waals surface area contributed by atoms with Crippen LogP contribution in [-0.2, 0) is 9.53 Å². The lowest BCUT2D eigenvalue weighted by Gasteiger charge is -2.24. The summed E-state index contributed by atoms with van der Waals surface area (Å²) < 4.78 is 21.6. The highest BCUT2D eigenvalue weighted by Crippen LogP contribution is 2.34. The van der Waals surface area contributed by atoms with E-state index in [9.17, 15) is 19.1 Å². The normalized spacial score (nSPS) is 15.9. The zero-order valence-corrected chi connectivity index (χ0v) is 21.4. The Kier molecular flexibility index (Phi) is 6.69. The van der Waals surface area contributed by atoms with Gasteiger partial charge >= 0.3 is 5.97 Å². The smallest absolute Gasteiger partial charge is 0.338 e. The first-order valence-corrected chi connectivity index (χ1v) is 12.2. The Balaban J connectivity index is 1.96. The molecule has 0 saturated heterocycles. The lowest BCUT2D eigenvalue weighted by molar-refractivity contribution is -0.139. The second-order valence-corrected chi connectivity index (χ2v) is 9.90. The number of thiazole rings is 1. The summed E-state index contributed by atoms with van der Waals surface area (Å²) in [6, 6.07) is 8.23. The summed E-state index contributed by atoms with van der Waals surface area (Å²) in [5.74, 6) is -0.943. The predicted molar refractivity (Wildman–Crippen MR) is 130 cm³/mol. The minimum atomic E-state index is -0.804. The summed E-state index contributed by atoms with van der Waals surface area (Å²) in [6.45, 7) is 3.55. The van der Waals surface area contributed by atoms with Crippen molar-refractivity contribution >= 4 is 55.2 Å². The van der Waals surface area contributed by atoms with Gasteiger partial charge in [-0.25, -0.2) is 14.2 Å². The summed E-state index contributed by atoms with van der Waals surface area (Å²) >= 11 is 7.76. The Bertz CT molecular complexity index is 1450. The molecule has 2 heterocycles. The topological polar surface area (TPSA) is 80.9 Å². The molecule has 1 aliphatic rings. The fourth-order valence-electron chi connectivity index (χ4n) is 3.57. The summed E-state index contributed by atoms with van der Waals surface area (Å²) in [4.78, 5) is 31.2. The number of aromatic hydroxyl groups is 1. The molecule has 10 heteroatoms. The minimum absolute atomic E-state index is 0.0552. The maximum Gasteiger partial charge on any atom is 0.338 e. The van der Waals surface area contributed by atoms with E-state index in [1.807, 2.05) is 0 Å². The number of phenols is 1. The second-order valence-electron chi connectivity index (χ2n) is 7.19. The number of phenolic OH excluding ortho intramolecular Hbond substituents is 1. The van der Waals surface area contributed by atoms with Crippen LogP contribution in [0.4, 0.5) is 4.39 Å². The Morgan fingerprint density at radius 3 is 2.52 bits per heavy atom. The van der Waals surface area contributed by atoms with Crippen molar-refractivity contribution in [2.75, 3.05) is 6.61 Å². The van der Waals surface area contributed by atoms with E-state index in [0.717, 1.165) is 0 Å². The maximum atomic E-state index is 13.6. The zero-order chi connectivity index (χ0) is 23.9. The van der Waals surface area contributed by atoms with Crippen LogP contribution in [0.1, 0.15) is 31.0 Å². The van der Waals surface area contributed by atoms with Crippen LogP contribution in [0.5, 0.6) is 5.75 Å². The van der Waals surface area contributed by atoms with E-state index in [-0.39, 0.29) is 23.5 Å². The molecule has 3 aromatic rings. The van der Waals surface area contributed by atoms with Crippen molar-refractivity contribution in [1.29, 1.82) is 0 Å². The van der Waals surface area contributed by atoms with E-state index < -0.39 is 17.8 Å². The van der Waals surface area contributed by atoms with Gasteiger partial charge in [0.2, 0.25) is 0 Å². The van der Waals surface area contributed by atoms with E-state index in [1.165, 1.54) is 28.0 Å². The van der Waals surface area contributed by atoms with Crippen molar-refractivity contribution < 1.29 is 19.0 Å². The van der Waals surface area contributed by atoms with Gasteiger partial charge in [0.1, 0.15) is 11.6 Å². The van der Waals surface area contributed by atoms with Crippen molar-refractivity contribution in [2.45, 2.75) is 19.9 Å². The van der Waals surface area contributed by atoms with E-state index >= 15 is 0 Å². The molecule has 1 N–H and O–H groups in total. The quantitative estimate of drug-likeness (QED) is 0.459. The van der Waals surface area contributed by atoms with Crippen molar-refractivity contribution in [3.05, 3.63) is 93.2 Å². The third-order valence-corrected chi connectivity index (χ3v) is 7.23. The fourth-order valence-corrected chi connectivity index (χ4v) is 5.84. The molecule has 0 unspecified atom stereocenters. The number of carbonyl (C=O) groups is 1. The molecule has 0 spiro atoms. The number of nitrogens with zero attached hydrogens (tertiary/aromatic N) is 2. The molecule has 4 rings (SSSR count). The number of fused-ring (bicyclic) bond motifs is 1. The van der Waals surface area contributed by atoms with Gasteiger partial charge in [-0.1, -0.05) is 23.5 Å². The second kappa shape index (κ2) is 9.36. The first-order valence-electron chi connectivity index (χ1n) is 9.84. The lowest BCUT2D eigenvalue weighted by atomic mass is 9.96. The average molecular weight is 596 g/mol. The van der Waals surface area contributed by atoms with Crippen molar-refractivity contribution in [3.8, 4) is 5.75 Å². The molecular weight excluding hydrogens is 579 g/mol. The number of ether oxygens (including phenoxy) is 1. The molecule has 170 valence electrons. The van der Waals surface area contributed by atoms with E-state index in [2.05, 4.69) is 36.9 Å². The monoisotopic (exact) mass is 594 g/mol. The third kappa shape index (κ3) is 4.47. The highest BCUT2D eigenvalue weighted by atomic mass is 79.9. The van der Waals surface area contributed by atoms with Gasteiger partial charge in [-0.3, -0.25) is 9.36 Å². The Hall–Kier alpha value is -2.56. The van der Waals surface area contributed by atoms with Crippen LogP contribution in [0.25, 0.3) is 6.08 Å². The Labute approximate surface area is 208 Å². The molecule has 0 amide bonds. The fraction of sp³-hybridized carbons (Fsp3) is 0.174. The number of hydrogen-bond donors (Lipinski definition) is 1. The summed E-state index contributed by atoms with van der Waals surface area (Å²) in [5, 5.41) is 9.96. The summed E-state index contributed by atoms with van der Waals surface area (Å²) in [5.41, 5.74) is 1.57. The number of allylic oxidation sites excluding steroid dienone is 1. The largest absolute Gasteiger partial charge is 0.506 e. The van der Waals surface area contributed by atoms with Gasteiger partial charge in [-0.2, -0.15) is 0 Å². The molecule has 6 nitrogen and oxygen atoms in total. The predicted octanol–water partition coefficient (Wildman–Crippen LogP) is 4.17. The van der Waals surface area contributed by atoms with Crippen molar-refractivity contribution in [1.82, 2.24) is 4.57 Å². The highest BCUT2D eigenvalue weighted by Gasteiger charge is 2.33. The van der Waals surface area contributed by atoms with E-state index in [0.29, 0.717) is 35.1 Å². The molecule has 33 heavy (non-hydrogen) atoms. The van der Waals surface area contributed by atoms with Crippen LogP contribution in [0.15, 0.2) is 66.4 Å². The number of esters is 1. The van der Waals surface area contributed by atoms with Crippen molar-refractivity contribution in [3.63, 3.8) is 0 Å². The van der Waals surface area contributed by atoms with Crippen LogP contribution >= 0.6 is 43.2 Å².